The number of carbonyl (C=O) groups is 3. The van der Waals surface area contributed by atoms with E-state index in [1.165, 1.54) is 96.3 Å². The number of phosphoric acid groups is 1. The minimum absolute atomic E-state index is 0.149. The normalized spacial score (nSPS) is 13.8. The van der Waals surface area contributed by atoms with Crippen LogP contribution in [0.15, 0.2) is 48.6 Å². The average molecular weight is 981 g/mol. The largest absolute Gasteiger partial charge is 0.472 e. The summed E-state index contributed by atoms with van der Waals surface area (Å²) in [7, 11) is -4.74. The van der Waals surface area contributed by atoms with Gasteiger partial charge in [0.25, 0.3) is 0 Å². The Balaban J connectivity index is 4.74. The van der Waals surface area contributed by atoms with Crippen molar-refractivity contribution in [2.24, 2.45) is 0 Å². The van der Waals surface area contributed by atoms with Gasteiger partial charge >= 0.3 is 25.7 Å². The molecule has 0 saturated heterocycles. The molecule has 11 nitrogen and oxygen atoms in total. The highest BCUT2D eigenvalue weighted by Gasteiger charge is 2.28. The van der Waals surface area contributed by atoms with Crippen molar-refractivity contribution >= 4 is 25.7 Å². The molecule has 396 valence electrons. The predicted octanol–water partition coefficient (Wildman–Crippen LogP) is 15.8. The quantitative estimate of drug-likeness (QED) is 0.0197. The summed E-state index contributed by atoms with van der Waals surface area (Å²) in [6.45, 7) is 4.49. The monoisotopic (exact) mass is 981 g/mol. The lowest BCUT2D eigenvalue weighted by Crippen LogP contribution is -2.30. The van der Waals surface area contributed by atoms with Gasteiger partial charge in [-0.3, -0.25) is 23.4 Å². The highest BCUT2D eigenvalue weighted by molar-refractivity contribution is 7.47. The van der Waals surface area contributed by atoms with Gasteiger partial charge in [0.2, 0.25) is 0 Å². The zero-order valence-corrected chi connectivity index (χ0v) is 44.5. The van der Waals surface area contributed by atoms with Gasteiger partial charge in [-0.25, -0.2) is 4.57 Å². The highest BCUT2D eigenvalue weighted by atomic mass is 31.2. The lowest BCUT2D eigenvalue weighted by molar-refractivity contribution is -0.161. The number of allylic oxidation sites excluding steroid dienone is 8. The topological polar surface area (TPSA) is 155 Å². The van der Waals surface area contributed by atoms with E-state index in [0.717, 1.165) is 96.3 Å². The summed E-state index contributed by atoms with van der Waals surface area (Å²) in [6, 6.07) is 0. The molecule has 0 fully saturated rings. The van der Waals surface area contributed by atoms with Crippen LogP contribution in [-0.4, -0.2) is 66.5 Å². The summed E-state index contributed by atoms with van der Waals surface area (Å²) in [5.41, 5.74) is 0. The fraction of sp³-hybridized carbons (Fsp3) is 0.804. The summed E-state index contributed by atoms with van der Waals surface area (Å²) in [5.74, 6) is -1.48. The molecular weight excluding hydrogens is 880 g/mol. The van der Waals surface area contributed by atoms with Crippen LogP contribution in [0.25, 0.3) is 0 Å². The second-order valence-corrected chi connectivity index (χ2v) is 19.8. The van der Waals surface area contributed by atoms with Crippen LogP contribution in [0.4, 0.5) is 0 Å². The molecule has 0 aliphatic heterocycles. The highest BCUT2D eigenvalue weighted by Crippen LogP contribution is 2.43. The van der Waals surface area contributed by atoms with Crippen LogP contribution >= 0.6 is 7.82 Å². The molecule has 0 bridgehead atoms. The van der Waals surface area contributed by atoms with E-state index in [1.54, 1.807) is 0 Å². The lowest BCUT2D eigenvalue weighted by Gasteiger charge is -2.21. The Kier molecular flexibility index (Phi) is 48.9. The second kappa shape index (κ2) is 50.8. The Hall–Kier alpha value is -2.56. The number of phosphoric ester groups is 1. The number of hydrogen-bond acceptors (Lipinski definition) is 10. The number of hydrogen-bond donors (Lipinski definition) is 2. The Morgan fingerprint density at radius 3 is 1.19 bits per heavy atom. The van der Waals surface area contributed by atoms with Gasteiger partial charge in [0.15, 0.2) is 6.10 Å². The minimum atomic E-state index is -4.74. The Bertz CT molecular complexity index is 1330. The van der Waals surface area contributed by atoms with Gasteiger partial charge in [0.05, 0.1) is 19.8 Å². The maximum Gasteiger partial charge on any atom is 0.472 e. The number of aliphatic hydroxyl groups excluding tert-OH is 1. The predicted molar refractivity (Wildman–Crippen MR) is 279 cm³/mol. The first kappa shape index (κ1) is 65.4. The number of ether oxygens (including phenoxy) is 3. The SMILES string of the molecule is CC/C=C\C/C=C\C/C=C\CCCCCCCC(=O)OC(COC(=O)CCCCCCCCC/C=C\CCCCCCCC)COP(=O)(O)OCC(CO)OC(=O)CCCCCCCCCCC. The van der Waals surface area contributed by atoms with Crippen LogP contribution in [0.3, 0.4) is 0 Å². The van der Waals surface area contributed by atoms with Crippen molar-refractivity contribution in [1.82, 2.24) is 0 Å². The number of rotatable bonds is 51. The van der Waals surface area contributed by atoms with Crippen LogP contribution < -0.4 is 0 Å². The maximum absolute atomic E-state index is 12.9. The van der Waals surface area contributed by atoms with E-state index in [0.29, 0.717) is 19.3 Å². The molecule has 0 aromatic rings. The van der Waals surface area contributed by atoms with Gasteiger partial charge in [-0.2, -0.15) is 0 Å². The van der Waals surface area contributed by atoms with Gasteiger partial charge in [-0.05, 0) is 77.0 Å². The molecule has 0 aromatic heterocycles. The Morgan fingerprint density at radius 2 is 0.765 bits per heavy atom. The van der Waals surface area contributed by atoms with Gasteiger partial charge in [0.1, 0.15) is 12.7 Å². The zero-order chi connectivity index (χ0) is 49.9. The maximum atomic E-state index is 12.9. The fourth-order valence-electron chi connectivity index (χ4n) is 7.54. The second-order valence-electron chi connectivity index (χ2n) is 18.4. The third-order valence-corrected chi connectivity index (χ3v) is 12.7. The molecule has 0 saturated carbocycles. The molecule has 12 heteroatoms. The van der Waals surface area contributed by atoms with Crippen molar-refractivity contribution in [2.45, 2.75) is 264 Å². The number of carbonyl (C=O) groups excluding carboxylic acids is 3. The van der Waals surface area contributed by atoms with Crippen molar-refractivity contribution in [1.29, 1.82) is 0 Å². The minimum Gasteiger partial charge on any atom is -0.462 e. The number of unbranched alkanes of at least 4 members (excludes halogenated alkanes) is 26. The number of aliphatic hydroxyl groups is 1. The van der Waals surface area contributed by atoms with Gasteiger partial charge < -0.3 is 24.2 Å². The molecule has 3 unspecified atom stereocenters. The van der Waals surface area contributed by atoms with Crippen LogP contribution in [0.2, 0.25) is 0 Å². The van der Waals surface area contributed by atoms with Crippen molar-refractivity contribution in [3.8, 4) is 0 Å². The molecule has 68 heavy (non-hydrogen) atoms. The van der Waals surface area contributed by atoms with E-state index in [-0.39, 0.29) is 25.9 Å². The molecule has 0 aromatic carbocycles. The van der Waals surface area contributed by atoms with Crippen LogP contribution in [0, 0.1) is 0 Å². The van der Waals surface area contributed by atoms with Crippen molar-refractivity contribution < 1.29 is 52.2 Å². The van der Waals surface area contributed by atoms with E-state index in [1.807, 2.05) is 0 Å². The standard InChI is InChI=1S/C56H101O11P/c1-4-7-10-13-16-19-21-23-25-26-28-29-31-34-36-39-42-45-54(58)63-49-53(67-56(60)47-44-41-38-35-32-30-27-24-22-20-17-14-11-8-5-2)51-65-68(61,62)64-50-52(48-57)66-55(59)46-43-40-37-33-18-15-12-9-6-3/h8,11,17,20,23-25,27,52-53,57H,4-7,9-10,12-16,18-19,21-22,26,28-51H2,1-3H3,(H,61,62)/b11-8-,20-17-,25-23-,27-24-. The first-order valence-corrected chi connectivity index (χ1v) is 29.0. The van der Waals surface area contributed by atoms with Crippen molar-refractivity contribution in [2.75, 3.05) is 26.4 Å². The summed E-state index contributed by atoms with van der Waals surface area (Å²) in [6.07, 6.45) is 52.2. The molecule has 0 spiro atoms. The summed E-state index contributed by atoms with van der Waals surface area (Å²) in [4.78, 5) is 48.3. The van der Waals surface area contributed by atoms with E-state index in [2.05, 4.69) is 69.4 Å². The Morgan fingerprint density at radius 1 is 0.426 bits per heavy atom. The smallest absolute Gasteiger partial charge is 0.462 e. The first-order chi connectivity index (χ1) is 33.2. The van der Waals surface area contributed by atoms with Crippen LogP contribution in [0.1, 0.15) is 252 Å². The summed E-state index contributed by atoms with van der Waals surface area (Å²) >= 11 is 0. The molecule has 0 aliphatic rings. The van der Waals surface area contributed by atoms with E-state index < -0.39 is 57.8 Å². The molecule has 3 atom stereocenters. The lowest BCUT2D eigenvalue weighted by atomic mass is 10.1. The van der Waals surface area contributed by atoms with E-state index in [4.69, 9.17) is 23.3 Å². The first-order valence-electron chi connectivity index (χ1n) is 27.5. The van der Waals surface area contributed by atoms with Gasteiger partial charge in [0, 0.05) is 19.3 Å². The number of esters is 3. The van der Waals surface area contributed by atoms with Gasteiger partial charge in [-0.1, -0.05) is 204 Å². The molecule has 0 aliphatic carbocycles. The van der Waals surface area contributed by atoms with Crippen LogP contribution in [-0.2, 0) is 42.2 Å². The fourth-order valence-corrected chi connectivity index (χ4v) is 8.33. The van der Waals surface area contributed by atoms with Crippen molar-refractivity contribution in [3.05, 3.63) is 48.6 Å². The van der Waals surface area contributed by atoms with Crippen molar-refractivity contribution in [3.63, 3.8) is 0 Å². The molecule has 2 N–H and O–H groups in total. The molecule has 0 radical (unpaired) electrons. The molecule has 0 amide bonds. The third-order valence-electron chi connectivity index (χ3n) is 11.7. The van der Waals surface area contributed by atoms with Crippen LogP contribution in [0.5, 0.6) is 0 Å². The van der Waals surface area contributed by atoms with E-state index in [9.17, 15) is 28.9 Å². The Labute approximate surface area is 415 Å². The van der Waals surface area contributed by atoms with Gasteiger partial charge in [-0.15, -0.1) is 0 Å². The molecule has 0 rings (SSSR count). The summed E-state index contributed by atoms with van der Waals surface area (Å²) < 4.78 is 39.4. The third kappa shape index (κ3) is 48.5. The van der Waals surface area contributed by atoms with E-state index >= 15 is 0 Å². The molecular formula is C56H101O11P. The molecule has 0 heterocycles. The summed E-state index contributed by atoms with van der Waals surface area (Å²) in [5, 5.41) is 9.76. The zero-order valence-electron chi connectivity index (χ0n) is 43.6. The average Bonchev–Trinajstić information content (AvgIpc) is 3.32.